The molecule has 0 spiro atoms. The number of phosphoric acid groups is 2. The fourth-order valence-corrected chi connectivity index (χ4v) is 12.4. The third-order valence-electron chi connectivity index (χ3n) is 16.8. The lowest BCUT2D eigenvalue weighted by molar-refractivity contribution is -0.161. The topological polar surface area (TPSA) is 237 Å². The van der Waals surface area contributed by atoms with Crippen LogP contribution in [-0.4, -0.2) is 96.7 Å². The number of ether oxygens (including phenoxy) is 4. The maximum absolute atomic E-state index is 13.1. The lowest BCUT2D eigenvalue weighted by atomic mass is 10.0. The Labute approximate surface area is 585 Å². The third kappa shape index (κ3) is 69.5. The first-order valence-electron chi connectivity index (χ1n) is 38.9. The van der Waals surface area contributed by atoms with Crippen LogP contribution in [0.2, 0.25) is 0 Å². The second kappa shape index (κ2) is 70.5. The molecule has 0 aliphatic heterocycles. The summed E-state index contributed by atoms with van der Waals surface area (Å²) in [5.41, 5.74) is 0. The van der Waals surface area contributed by atoms with Gasteiger partial charge in [0.25, 0.3) is 0 Å². The number of phosphoric ester groups is 2. The molecule has 0 heterocycles. The number of unbranched alkanes of at least 4 members (excludes halogenated alkanes) is 41. The molecule has 17 nitrogen and oxygen atoms in total. The molecule has 0 aromatic rings. The number of carbonyl (C=O) groups excluding carboxylic acids is 4. The van der Waals surface area contributed by atoms with Crippen molar-refractivity contribution in [2.45, 2.75) is 380 Å². The van der Waals surface area contributed by atoms with Gasteiger partial charge < -0.3 is 33.8 Å². The van der Waals surface area contributed by atoms with Crippen LogP contribution in [0.1, 0.15) is 362 Å². The minimum atomic E-state index is -4.97. The number of hydrogen-bond donors (Lipinski definition) is 3. The van der Waals surface area contributed by atoms with E-state index < -0.39 is 97.5 Å². The average molecular weight is 1400 g/mol. The van der Waals surface area contributed by atoms with E-state index in [0.29, 0.717) is 25.7 Å². The van der Waals surface area contributed by atoms with Crippen molar-refractivity contribution in [3.63, 3.8) is 0 Å². The predicted octanol–water partition coefficient (Wildman–Crippen LogP) is 22.1. The largest absolute Gasteiger partial charge is 0.472 e. The van der Waals surface area contributed by atoms with Crippen molar-refractivity contribution < 1.29 is 80.2 Å². The van der Waals surface area contributed by atoms with Gasteiger partial charge in [-0.25, -0.2) is 9.13 Å². The smallest absolute Gasteiger partial charge is 0.462 e. The molecule has 0 saturated heterocycles. The van der Waals surface area contributed by atoms with Gasteiger partial charge in [-0.2, -0.15) is 0 Å². The fourth-order valence-electron chi connectivity index (χ4n) is 10.8. The predicted molar refractivity (Wildman–Crippen MR) is 390 cm³/mol. The molecule has 0 aliphatic carbocycles. The molecule has 0 rings (SSSR count). The van der Waals surface area contributed by atoms with Crippen LogP contribution in [0.5, 0.6) is 0 Å². The van der Waals surface area contributed by atoms with Gasteiger partial charge >= 0.3 is 39.5 Å². The summed E-state index contributed by atoms with van der Waals surface area (Å²) in [5.74, 6) is -2.17. The van der Waals surface area contributed by atoms with Crippen LogP contribution in [0.25, 0.3) is 0 Å². The van der Waals surface area contributed by atoms with Gasteiger partial charge in [0, 0.05) is 25.7 Å². The summed E-state index contributed by atoms with van der Waals surface area (Å²) in [6.45, 7) is 4.86. The summed E-state index contributed by atoms with van der Waals surface area (Å²) in [6, 6.07) is 0. The second-order valence-corrected chi connectivity index (χ2v) is 29.2. The molecule has 562 valence electrons. The van der Waals surface area contributed by atoms with Gasteiger partial charge in [0.15, 0.2) is 12.2 Å². The lowest BCUT2D eigenvalue weighted by Crippen LogP contribution is -2.30. The Morgan fingerprint density at radius 3 is 0.865 bits per heavy atom. The van der Waals surface area contributed by atoms with Crippen LogP contribution in [0, 0.1) is 0 Å². The van der Waals surface area contributed by atoms with E-state index in [-0.39, 0.29) is 25.7 Å². The van der Waals surface area contributed by atoms with Gasteiger partial charge in [0.2, 0.25) is 0 Å². The molecule has 0 bridgehead atoms. The molecule has 0 aliphatic rings. The first kappa shape index (κ1) is 93.0. The van der Waals surface area contributed by atoms with E-state index >= 15 is 0 Å². The molecular formula is C77H142O17P2. The molecule has 96 heavy (non-hydrogen) atoms. The summed E-state index contributed by atoms with van der Waals surface area (Å²) < 4.78 is 68.5. The standard InChI is InChI=1S/C77H142O17P2/c1-5-9-13-17-21-25-29-33-35-39-43-47-51-55-59-63-76(81)93-72(67-87-74(79)61-57-53-49-45-41-37-31-27-23-19-15-11-7-3)69-91-95(83,84)89-65-71(78)66-90-96(85,86)92-70-73(68-88-75(80)62-58-54-50-46-42-38-32-28-24-20-16-12-8-4)94-77(82)64-60-56-52-48-44-40-36-34-30-26-22-18-14-10-6-2/h21,25-26,30,33-36,71-73,78H,5-20,22-24,27-29,31-32,37-70H2,1-4H3,(H,83,84)(H,85,86)/b25-21-,30-26-,35-33-,36-34-/t71-,72-,73-/m1/s1. The molecule has 19 heteroatoms. The first-order chi connectivity index (χ1) is 46.7. The lowest BCUT2D eigenvalue weighted by Gasteiger charge is -2.21. The molecule has 0 saturated carbocycles. The summed E-state index contributed by atoms with van der Waals surface area (Å²) >= 11 is 0. The Morgan fingerprint density at radius 2 is 0.542 bits per heavy atom. The number of carbonyl (C=O) groups is 4. The number of rotatable bonds is 74. The zero-order valence-corrected chi connectivity index (χ0v) is 63.1. The van der Waals surface area contributed by atoms with Crippen molar-refractivity contribution in [2.75, 3.05) is 39.6 Å². The van der Waals surface area contributed by atoms with Crippen molar-refractivity contribution in [3.05, 3.63) is 48.6 Å². The number of esters is 4. The highest BCUT2D eigenvalue weighted by molar-refractivity contribution is 7.47. The molecule has 0 radical (unpaired) electrons. The van der Waals surface area contributed by atoms with Crippen LogP contribution in [0.3, 0.4) is 0 Å². The molecule has 0 aromatic carbocycles. The number of aliphatic hydroxyl groups is 1. The molecular weight excluding hydrogens is 1260 g/mol. The highest BCUT2D eigenvalue weighted by atomic mass is 31.2. The SMILES string of the molecule is CCCCC/C=C\C/C=C\CCCCCCCC(=O)O[C@H](COC(=O)CCCCCCCCCCCCCCC)COP(=O)(O)OC[C@@H](O)COP(=O)(O)OC[C@@H](COC(=O)CCCCCCCCCCCCCCC)OC(=O)CCCCCCC/C=C\C=C/CCCCCC. The Hall–Kier alpha value is -2.98. The van der Waals surface area contributed by atoms with Crippen molar-refractivity contribution in [1.82, 2.24) is 0 Å². The Balaban J connectivity index is 5.33. The minimum Gasteiger partial charge on any atom is -0.462 e. The van der Waals surface area contributed by atoms with Crippen molar-refractivity contribution in [2.24, 2.45) is 0 Å². The summed E-state index contributed by atoms with van der Waals surface area (Å²) in [6.07, 6.45) is 66.6. The van der Waals surface area contributed by atoms with E-state index in [4.69, 9.17) is 37.0 Å². The van der Waals surface area contributed by atoms with Gasteiger partial charge in [-0.05, 0) is 83.5 Å². The van der Waals surface area contributed by atoms with Crippen LogP contribution < -0.4 is 0 Å². The van der Waals surface area contributed by atoms with Crippen molar-refractivity contribution in [3.8, 4) is 0 Å². The van der Waals surface area contributed by atoms with E-state index in [1.165, 1.54) is 161 Å². The maximum atomic E-state index is 13.1. The van der Waals surface area contributed by atoms with Gasteiger partial charge in [-0.15, -0.1) is 0 Å². The van der Waals surface area contributed by atoms with Crippen LogP contribution >= 0.6 is 15.6 Å². The highest BCUT2D eigenvalue weighted by Gasteiger charge is 2.30. The zero-order valence-electron chi connectivity index (χ0n) is 61.3. The highest BCUT2D eigenvalue weighted by Crippen LogP contribution is 2.45. The van der Waals surface area contributed by atoms with Crippen LogP contribution in [0.15, 0.2) is 48.6 Å². The maximum Gasteiger partial charge on any atom is 0.472 e. The van der Waals surface area contributed by atoms with E-state index in [1.54, 1.807) is 0 Å². The van der Waals surface area contributed by atoms with Gasteiger partial charge in [0.05, 0.1) is 26.4 Å². The average Bonchev–Trinajstić information content (AvgIpc) is 1.19. The molecule has 0 aromatic heterocycles. The molecule has 5 atom stereocenters. The third-order valence-corrected chi connectivity index (χ3v) is 18.7. The Morgan fingerprint density at radius 1 is 0.302 bits per heavy atom. The monoisotopic (exact) mass is 1400 g/mol. The van der Waals surface area contributed by atoms with Crippen LogP contribution in [0.4, 0.5) is 0 Å². The molecule has 0 amide bonds. The van der Waals surface area contributed by atoms with Crippen molar-refractivity contribution >= 4 is 39.5 Å². The normalized spacial score (nSPS) is 14.2. The second-order valence-electron chi connectivity index (χ2n) is 26.3. The summed E-state index contributed by atoms with van der Waals surface area (Å²) in [7, 11) is -9.94. The summed E-state index contributed by atoms with van der Waals surface area (Å²) in [5, 5.41) is 10.6. The van der Waals surface area contributed by atoms with Crippen LogP contribution in [-0.2, 0) is 65.4 Å². The number of hydrogen-bond acceptors (Lipinski definition) is 15. The van der Waals surface area contributed by atoms with E-state index in [0.717, 1.165) is 122 Å². The Kier molecular flexibility index (Phi) is 68.3. The quantitative estimate of drug-likeness (QED) is 0.0128. The zero-order chi connectivity index (χ0) is 70.4. The van der Waals surface area contributed by atoms with Crippen molar-refractivity contribution in [1.29, 1.82) is 0 Å². The Bertz CT molecular complexity index is 2010. The van der Waals surface area contributed by atoms with Gasteiger partial charge in [0.1, 0.15) is 19.3 Å². The van der Waals surface area contributed by atoms with Gasteiger partial charge in [-0.1, -0.05) is 301 Å². The van der Waals surface area contributed by atoms with E-state index in [2.05, 4.69) is 76.3 Å². The molecule has 3 N–H and O–H groups in total. The molecule has 0 fully saturated rings. The minimum absolute atomic E-state index is 0.0834. The van der Waals surface area contributed by atoms with E-state index in [1.807, 2.05) is 0 Å². The summed E-state index contributed by atoms with van der Waals surface area (Å²) in [4.78, 5) is 72.8. The number of allylic oxidation sites excluding steroid dienone is 8. The fraction of sp³-hybridized carbons (Fsp3) is 0.844. The molecule has 2 unspecified atom stereocenters. The number of aliphatic hydroxyl groups excluding tert-OH is 1. The van der Waals surface area contributed by atoms with Gasteiger partial charge in [-0.3, -0.25) is 37.3 Å². The first-order valence-corrected chi connectivity index (χ1v) is 41.9. The van der Waals surface area contributed by atoms with E-state index in [9.17, 15) is 43.2 Å².